The average molecular weight is 236 g/mol. The monoisotopic (exact) mass is 236 g/mol. The minimum absolute atomic E-state index is 0.893. The van der Waals surface area contributed by atoms with Crippen molar-refractivity contribution in [1.82, 2.24) is 19.8 Å². The molecule has 0 spiro atoms. The number of nitrogens with one attached hydrogen (secondary N) is 1. The molecule has 1 saturated heterocycles. The largest absolute Gasteiger partial charge is 0.337 e. The van der Waals surface area contributed by atoms with Gasteiger partial charge in [0.15, 0.2) is 0 Å². The lowest BCUT2D eigenvalue weighted by atomic mass is 9.97. The van der Waals surface area contributed by atoms with Crippen molar-refractivity contribution in [3.8, 4) is 0 Å². The molecular formula is C13H24N4. The lowest BCUT2D eigenvalue weighted by Crippen LogP contribution is -2.37. The second-order valence-corrected chi connectivity index (χ2v) is 5.00. The minimum Gasteiger partial charge on any atom is -0.337 e. The molecule has 1 aliphatic rings. The summed E-state index contributed by atoms with van der Waals surface area (Å²) >= 11 is 0. The predicted octanol–water partition coefficient (Wildman–Crippen LogP) is 1.20. The standard InChI is InChI=1S/C13H24N4/c1-14-11-13-3-8-16(9-4-13)6-2-7-17-10-5-15-12-17/h5,10,12-14H,2-4,6-9,11H2,1H3. The highest BCUT2D eigenvalue weighted by Gasteiger charge is 2.17. The molecule has 1 fully saturated rings. The second kappa shape index (κ2) is 6.77. The van der Waals surface area contributed by atoms with Crippen LogP contribution in [0.2, 0.25) is 0 Å². The van der Waals surface area contributed by atoms with Gasteiger partial charge in [0.2, 0.25) is 0 Å². The Morgan fingerprint density at radius 2 is 2.12 bits per heavy atom. The molecule has 0 saturated carbocycles. The third-order valence-corrected chi connectivity index (χ3v) is 3.65. The second-order valence-electron chi connectivity index (χ2n) is 5.00. The van der Waals surface area contributed by atoms with Gasteiger partial charge in [-0.25, -0.2) is 4.98 Å². The molecule has 2 heterocycles. The lowest BCUT2D eigenvalue weighted by Gasteiger charge is -2.31. The zero-order valence-corrected chi connectivity index (χ0v) is 10.8. The molecule has 4 nitrogen and oxygen atoms in total. The Labute approximate surface area is 104 Å². The highest BCUT2D eigenvalue weighted by Crippen LogP contribution is 2.16. The number of aryl methyl sites for hydroxylation is 1. The van der Waals surface area contributed by atoms with E-state index in [2.05, 4.69) is 26.8 Å². The molecular weight excluding hydrogens is 212 g/mol. The van der Waals surface area contributed by atoms with Gasteiger partial charge < -0.3 is 14.8 Å². The Hall–Kier alpha value is -0.870. The van der Waals surface area contributed by atoms with Crippen molar-refractivity contribution in [2.45, 2.75) is 25.8 Å². The molecule has 0 atom stereocenters. The highest BCUT2D eigenvalue weighted by molar-refractivity contribution is 4.76. The molecule has 0 aromatic carbocycles. The van der Waals surface area contributed by atoms with E-state index in [1.807, 2.05) is 18.7 Å². The van der Waals surface area contributed by atoms with E-state index in [1.54, 1.807) is 0 Å². The summed E-state index contributed by atoms with van der Waals surface area (Å²) in [6.45, 7) is 6.05. The number of hydrogen-bond donors (Lipinski definition) is 1. The van der Waals surface area contributed by atoms with E-state index in [0.717, 1.165) is 12.5 Å². The van der Waals surface area contributed by atoms with Crippen molar-refractivity contribution >= 4 is 0 Å². The van der Waals surface area contributed by atoms with Crippen molar-refractivity contribution < 1.29 is 0 Å². The normalized spacial score (nSPS) is 18.6. The van der Waals surface area contributed by atoms with Gasteiger partial charge in [-0.05, 0) is 58.4 Å². The summed E-state index contributed by atoms with van der Waals surface area (Å²) < 4.78 is 2.16. The van der Waals surface area contributed by atoms with Gasteiger partial charge in [0.25, 0.3) is 0 Å². The van der Waals surface area contributed by atoms with Crippen molar-refractivity contribution in [3.63, 3.8) is 0 Å². The van der Waals surface area contributed by atoms with Gasteiger partial charge in [0.1, 0.15) is 0 Å². The molecule has 1 aliphatic heterocycles. The van der Waals surface area contributed by atoms with E-state index in [9.17, 15) is 0 Å². The van der Waals surface area contributed by atoms with Crippen LogP contribution in [0.15, 0.2) is 18.7 Å². The Bertz CT molecular complexity index is 288. The number of aromatic nitrogens is 2. The van der Waals surface area contributed by atoms with Crippen LogP contribution >= 0.6 is 0 Å². The van der Waals surface area contributed by atoms with E-state index in [1.165, 1.54) is 45.4 Å². The van der Waals surface area contributed by atoms with Gasteiger partial charge in [-0.15, -0.1) is 0 Å². The van der Waals surface area contributed by atoms with Crippen molar-refractivity contribution in [1.29, 1.82) is 0 Å². The molecule has 0 amide bonds. The number of piperidine rings is 1. The molecule has 0 radical (unpaired) electrons. The number of likely N-dealkylation sites (tertiary alicyclic amines) is 1. The van der Waals surface area contributed by atoms with Crippen LogP contribution < -0.4 is 5.32 Å². The van der Waals surface area contributed by atoms with Crippen molar-refractivity contribution in [2.75, 3.05) is 33.2 Å². The minimum atomic E-state index is 0.893. The van der Waals surface area contributed by atoms with Crippen LogP contribution in [0.4, 0.5) is 0 Å². The Morgan fingerprint density at radius 3 is 2.76 bits per heavy atom. The van der Waals surface area contributed by atoms with Gasteiger partial charge >= 0.3 is 0 Å². The summed E-state index contributed by atoms with van der Waals surface area (Å²) in [5.41, 5.74) is 0. The number of hydrogen-bond acceptors (Lipinski definition) is 3. The van der Waals surface area contributed by atoms with Crippen LogP contribution in [-0.2, 0) is 6.54 Å². The highest BCUT2D eigenvalue weighted by atomic mass is 15.1. The average Bonchev–Trinajstić information content (AvgIpc) is 2.85. The molecule has 2 rings (SSSR count). The summed E-state index contributed by atoms with van der Waals surface area (Å²) in [6.07, 6.45) is 9.73. The maximum Gasteiger partial charge on any atom is 0.0945 e. The third kappa shape index (κ3) is 4.13. The van der Waals surface area contributed by atoms with Crippen LogP contribution in [0.25, 0.3) is 0 Å². The van der Waals surface area contributed by atoms with Gasteiger partial charge in [-0.1, -0.05) is 0 Å². The van der Waals surface area contributed by atoms with Crippen LogP contribution in [0.1, 0.15) is 19.3 Å². The topological polar surface area (TPSA) is 33.1 Å². The quantitative estimate of drug-likeness (QED) is 0.806. The lowest BCUT2D eigenvalue weighted by molar-refractivity contribution is 0.180. The first kappa shape index (κ1) is 12.6. The van der Waals surface area contributed by atoms with Crippen LogP contribution in [0.5, 0.6) is 0 Å². The van der Waals surface area contributed by atoms with Crippen LogP contribution in [-0.4, -0.2) is 47.7 Å². The SMILES string of the molecule is CNCC1CCN(CCCn2ccnc2)CC1. The first-order valence-corrected chi connectivity index (χ1v) is 6.71. The zero-order valence-electron chi connectivity index (χ0n) is 10.8. The number of rotatable bonds is 6. The maximum absolute atomic E-state index is 4.06. The Balaban J connectivity index is 1.58. The molecule has 1 N–H and O–H groups in total. The van der Waals surface area contributed by atoms with Gasteiger partial charge in [0, 0.05) is 18.9 Å². The van der Waals surface area contributed by atoms with E-state index < -0.39 is 0 Å². The number of imidazole rings is 1. The molecule has 4 heteroatoms. The summed E-state index contributed by atoms with van der Waals surface area (Å²) in [4.78, 5) is 6.66. The van der Waals surface area contributed by atoms with E-state index in [4.69, 9.17) is 0 Å². The van der Waals surface area contributed by atoms with E-state index in [-0.39, 0.29) is 0 Å². The van der Waals surface area contributed by atoms with Gasteiger partial charge in [-0.3, -0.25) is 0 Å². The maximum atomic E-state index is 4.06. The van der Waals surface area contributed by atoms with Crippen LogP contribution in [0.3, 0.4) is 0 Å². The summed E-state index contributed by atoms with van der Waals surface area (Å²) in [5.74, 6) is 0.893. The molecule has 1 aromatic rings. The molecule has 1 aromatic heterocycles. The zero-order chi connectivity index (χ0) is 11.9. The van der Waals surface area contributed by atoms with Gasteiger partial charge in [-0.2, -0.15) is 0 Å². The third-order valence-electron chi connectivity index (χ3n) is 3.65. The fourth-order valence-corrected chi connectivity index (χ4v) is 2.60. The van der Waals surface area contributed by atoms with E-state index in [0.29, 0.717) is 0 Å². The molecule has 0 aliphatic carbocycles. The number of nitrogens with zero attached hydrogens (tertiary/aromatic N) is 3. The van der Waals surface area contributed by atoms with E-state index >= 15 is 0 Å². The Morgan fingerprint density at radius 1 is 1.29 bits per heavy atom. The summed E-state index contributed by atoms with van der Waals surface area (Å²) in [6, 6.07) is 0. The fraction of sp³-hybridized carbons (Fsp3) is 0.769. The first-order valence-electron chi connectivity index (χ1n) is 6.71. The Kier molecular flexibility index (Phi) is 5.01. The summed E-state index contributed by atoms with van der Waals surface area (Å²) in [7, 11) is 2.05. The first-order chi connectivity index (χ1) is 8.38. The summed E-state index contributed by atoms with van der Waals surface area (Å²) in [5, 5.41) is 3.29. The van der Waals surface area contributed by atoms with Crippen molar-refractivity contribution in [2.24, 2.45) is 5.92 Å². The molecule has 0 bridgehead atoms. The molecule has 0 unspecified atom stereocenters. The smallest absolute Gasteiger partial charge is 0.0945 e. The van der Waals surface area contributed by atoms with Gasteiger partial charge in [0.05, 0.1) is 6.33 Å². The van der Waals surface area contributed by atoms with Crippen molar-refractivity contribution in [3.05, 3.63) is 18.7 Å². The molecule has 96 valence electrons. The fourth-order valence-electron chi connectivity index (χ4n) is 2.60. The molecule has 17 heavy (non-hydrogen) atoms. The predicted molar refractivity (Wildman–Crippen MR) is 69.9 cm³/mol. The van der Waals surface area contributed by atoms with Crippen LogP contribution in [0, 0.1) is 5.92 Å².